The standard InChI is InChI=1S/C19H20BrNO5S/c20-16-6-4-7-17(14-16)25-11-12-26-19(22)15-5-3-8-18(13-15)27(23,24)21-9-1-2-10-21/h3-8,13-14H,1-2,9-12H2. The van der Waals surface area contributed by atoms with Gasteiger partial charge in [-0.3, -0.25) is 0 Å². The van der Waals surface area contributed by atoms with E-state index in [4.69, 9.17) is 9.47 Å². The molecule has 27 heavy (non-hydrogen) atoms. The van der Waals surface area contributed by atoms with Gasteiger partial charge < -0.3 is 9.47 Å². The van der Waals surface area contributed by atoms with Crippen molar-refractivity contribution in [2.45, 2.75) is 17.7 Å². The number of carbonyl (C=O) groups is 1. The highest BCUT2D eigenvalue weighted by Crippen LogP contribution is 2.22. The summed E-state index contributed by atoms with van der Waals surface area (Å²) in [7, 11) is -3.56. The van der Waals surface area contributed by atoms with E-state index < -0.39 is 16.0 Å². The minimum absolute atomic E-state index is 0.0639. The molecule has 1 aliphatic rings. The van der Waals surface area contributed by atoms with E-state index in [1.54, 1.807) is 18.2 Å². The molecule has 1 fully saturated rings. The lowest BCUT2D eigenvalue weighted by Gasteiger charge is -2.15. The van der Waals surface area contributed by atoms with Crippen molar-refractivity contribution in [2.24, 2.45) is 0 Å². The van der Waals surface area contributed by atoms with Crippen LogP contribution in [0.4, 0.5) is 0 Å². The van der Waals surface area contributed by atoms with Crippen LogP contribution in [0.3, 0.4) is 0 Å². The van der Waals surface area contributed by atoms with Crippen LogP contribution in [0, 0.1) is 0 Å². The van der Waals surface area contributed by atoms with Crippen molar-refractivity contribution in [1.29, 1.82) is 0 Å². The van der Waals surface area contributed by atoms with Gasteiger partial charge in [0.15, 0.2) is 0 Å². The molecule has 144 valence electrons. The number of sulfonamides is 1. The summed E-state index contributed by atoms with van der Waals surface area (Å²) in [5.41, 5.74) is 0.206. The summed E-state index contributed by atoms with van der Waals surface area (Å²) in [5, 5.41) is 0. The Balaban J connectivity index is 1.57. The monoisotopic (exact) mass is 453 g/mol. The fourth-order valence-electron chi connectivity index (χ4n) is 2.80. The van der Waals surface area contributed by atoms with Gasteiger partial charge in [0.25, 0.3) is 0 Å². The molecule has 0 spiro atoms. The lowest BCUT2D eigenvalue weighted by molar-refractivity contribution is 0.0450. The summed E-state index contributed by atoms with van der Waals surface area (Å²) in [6.07, 6.45) is 1.72. The molecule has 8 heteroatoms. The molecule has 3 rings (SSSR count). The second-order valence-corrected chi connectivity index (χ2v) is 8.93. The van der Waals surface area contributed by atoms with E-state index >= 15 is 0 Å². The molecule has 2 aromatic carbocycles. The minimum atomic E-state index is -3.56. The third kappa shape index (κ3) is 5.09. The van der Waals surface area contributed by atoms with Gasteiger partial charge in [-0.15, -0.1) is 0 Å². The maximum absolute atomic E-state index is 12.6. The zero-order chi connectivity index (χ0) is 19.3. The summed E-state index contributed by atoms with van der Waals surface area (Å²) >= 11 is 3.35. The highest BCUT2D eigenvalue weighted by Gasteiger charge is 2.27. The summed E-state index contributed by atoms with van der Waals surface area (Å²) in [6, 6.07) is 13.3. The van der Waals surface area contributed by atoms with Crippen LogP contribution in [0.25, 0.3) is 0 Å². The molecule has 0 bridgehead atoms. The van der Waals surface area contributed by atoms with Crippen LogP contribution in [0.15, 0.2) is 57.9 Å². The molecule has 2 aromatic rings. The van der Waals surface area contributed by atoms with Crippen LogP contribution in [0.1, 0.15) is 23.2 Å². The molecule has 6 nitrogen and oxygen atoms in total. The predicted octanol–water partition coefficient (Wildman–Crippen LogP) is 3.47. The number of benzene rings is 2. The first-order valence-corrected chi connectivity index (χ1v) is 10.9. The van der Waals surface area contributed by atoms with Gasteiger partial charge in [0.1, 0.15) is 19.0 Å². The van der Waals surface area contributed by atoms with Gasteiger partial charge in [-0.1, -0.05) is 28.1 Å². The molecule has 1 aliphatic heterocycles. The number of halogens is 1. The smallest absolute Gasteiger partial charge is 0.338 e. The molecule has 0 atom stereocenters. The van der Waals surface area contributed by atoms with E-state index in [2.05, 4.69) is 15.9 Å². The van der Waals surface area contributed by atoms with Crippen molar-refractivity contribution in [3.05, 3.63) is 58.6 Å². The van der Waals surface area contributed by atoms with Crippen molar-refractivity contribution in [3.63, 3.8) is 0 Å². The van der Waals surface area contributed by atoms with Crippen molar-refractivity contribution >= 4 is 31.9 Å². The Hall–Kier alpha value is -1.90. The average molecular weight is 454 g/mol. The van der Waals surface area contributed by atoms with Gasteiger partial charge in [-0.25, -0.2) is 13.2 Å². The third-order valence-electron chi connectivity index (χ3n) is 4.15. The number of rotatable bonds is 7. The molecule has 0 aliphatic carbocycles. The number of hydrogen-bond donors (Lipinski definition) is 0. The normalized spacial score (nSPS) is 14.9. The van der Waals surface area contributed by atoms with Crippen LogP contribution < -0.4 is 4.74 Å². The van der Waals surface area contributed by atoms with Crippen molar-refractivity contribution in [2.75, 3.05) is 26.3 Å². The molecule has 0 aromatic heterocycles. The Morgan fingerprint density at radius 2 is 1.78 bits per heavy atom. The van der Waals surface area contributed by atoms with Crippen LogP contribution in [0.5, 0.6) is 5.75 Å². The number of esters is 1. The van der Waals surface area contributed by atoms with Gasteiger partial charge in [0.05, 0.1) is 10.5 Å². The van der Waals surface area contributed by atoms with Crippen molar-refractivity contribution in [3.8, 4) is 5.75 Å². The van der Waals surface area contributed by atoms with E-state index in [-0.39, 0.29) is 23.7 Å². The van der Waals surface area contributed by atoms with Gasteiger partial charge in [0.2, 0.25) is 10.0 Å². The van der Waals surface area contributed by atoms with Crippen molar-refractivity contribution in [1.82, 2.24) is 4.31 Å². The van der Waals surface area contributed by atoms with Gasteiger partial charge in [-0.2, -0.15) is 4.31 Å². The molecule has 0 N–H and O–H groups in total. The van der Waals surface area contributed by atoms with E-state index in [1.807, 2.05) is 18.2 Å². The first-order valence-electron chi connectivity index (χ1n) is 8.62. The summed E-state index contributed by atoms with van der Waals surface area (Å²) < 4.78 is 38.2. The molecule has 0 amide bonds. The van der Waals surface area contributed by atoms with Gasteiger partial charge in [0, 0.05) is 17.6 Å². The Labute approximate surface area is 167 Å². The zero-order valence-electron chi connectivity index (χ0n) is 14.6. The molecule has 1 heterocycles. The second kappa shape index (κ2) is 8.86. The van der Waals surface area contributed by atoms with E-state index in [0.717, 1.165) is 17.3 Å². The zero-order valence-corrected chi connectivity index (χ0v) is 17.0. The summed E-state index contributed by atoms with van der Waals surface area (Å²) in [6.45, 7) is 1.30. The van der Waals surface area contributed by atoms with Crippen LogP contribution in [-0.2, 0) is 14.8 Å². The van der Waals surface area contributed by atoms with Gasteiger partial charge >= 0.3 is 5.97 Å². The van der Waals surface area contributed by atoms with E-state index in [9.17, 15) is 13.2 Å². The second-order valence-electron chi connectivity index (χ2n) is 6.08. The maximum atomic E-state index is 12.6. The fraction of sp³-hybridized carbons (Fsp3) is 0.316. The number of nitrogens with zero attached hydrogens (tertiary/aromatic N) is 1. The Bertz CT molecular complexity index is 910. The van der Waals surface area contributed by atoms with Crippen LogP contribution >= 0.6 is 15.9 Å². The molecule has 0 radical (unpaired) electrons. The molecular weight excluding hydrogens is 434 g/mol. The fourth-order valence-corrected chi connectivity index (χ4v) is 4.74. The lowest BCUT2D eigenvalue weighted by atomic mass is 10.2. The number of carbonyl (C=O) groups excluding carboxylic acids is 1. The summed E-state index contributed by atoms with van der Waals surface area (Å²) in [4.78, 5) is 12.3. The molecular formula is C19H20BrNO5S. The number of ether oxygens (including phenoxy) is 2. The van der Waals surface area contributed by atoms with Crippen LogP contribution in [0.2, 0.25) is 0 Å². The quantitative estimate of drug-likeness (QED) is 0.473. The first kappa shape index (κ1) is 19.9. The van der Waals surface area contributed by atoms with Gasteiger partial charge in [-0.05, 0) is 49.2 Å². The third-order valence-corrected chi connectivity index (χ3v) is 6.54. The molecule has 1 saturated heterocycles. The summed E-state index contributed by atoms with van der Waals surface area (Å²) in [5.74, 6) is 0.0884. The largest absolute Gasteiger partial charge is 0.490 e. The number of hydrogen-bond acceptors (Lipinski definition) is 5. The first-order chi connectivity index (χ1) is 13.0. The topological polar surface area (TPSA) is 72.9 Å². The highest BCUT2D eigenvalue weighted by atomic mass is 79.9. The Morgan fingerprint density at radius 3 is 2.52 bits per heavy atom. The van der Waals surface area contributed by atoms with E-state index in [1.165, 1.54) is 16.4 Å². The highest BCUT2D eigenvalue weighted by molar-refractivity contribution is 9.10. The van der Waals surface area contributed by atoms with E-state index in [0.29, 0.717) is 18.8 Å². The minimum Gasteiger partial charge on any atom is -0.490 e. The predicted molar refractivity (Wildman–Crippen MR) is 104 cm³/mol. The average Bonchev–Trinajstić information content (AvgIpc) is 3.21. The molecule has 0 unspecified atom stereocenters. The van der Waals surface area contributed by atoms with Crippen LogP contribution in [-0.4, -0.2) is 45.0 Å². The maximum Gasteiger partial charge on any atom is 0.338 e. The lowest BCUT2D eigenvalue weighted by Crippen LogP contribution is -2.28. The Morgan fingerprint density at radius 1 is 1.04 bits per heavy atom. The van der Waals surface area contributed by atoms with Crippen molar-refractivity contribution < 1.29 is 22.7 Å². The Kier molecular flexibility index (Phi) is 6.51. The SMILES string of the molecule is O=C(OCCOc1cccc(Br)c1)c1cccc(S(=O)(=O)N2CCCC2)c1. The molecule has 0 saturated carbocycles.